The minimum absolute atomic E-state index is 0.0516. The molecule has 0 radical (unpaired) electrons. The minimum Gasteiger partial charge on any atom is -0.488 e. The molecule has 0 spiro atoms. The SMILES string of the molecule is CCCNC1CC(Oc2ccc(F)c(C)c2)C1OCCC. The van der Waals surface area contributed by atoms with E-state index in [9.17, 15) is 4.39 Å². The van der Waals surface area contributed by atoms with Crippen LogP contribution in [0.2, 0.25) is 0 Å². The minimum atomic E-state index is -0.197. The zero-order chi connectivity index (χ0) is 15.2. The van der Waals surface area contributed by atoms with Crippen molar-refractivity contribution in [2.45, 2.75) is 58.3 Å². The van der Waals surface area contributed by atoms with Crippen LogP contribution in [0.15, 0.2) is 18.2 Å². The Morgan fingerprint density at radius 2 is 2.10 bits per heavy atom. The van der Waals surface area contributed by atoms with Gasteiger partial charge in [0, 0.05) is 19.1 Å². The van der Waals surface area contributed by atoms with Gasteiger partial charge in [0.05, 0.1) is 0 Å². The fraction of sp³-hybridized carbons (Fsp3) is 0.647. The first-order valence-corrected chi connectivity index (χ1v) is 7.93. The smallest absolute Gasteiger partial charge is 0.128 e. The normalized spacial score (nSPS) is 24.7. The molecule has 1 fully saturated rings. The highest BCUT2D eigenvalue weighted by molar-refractivity contribution is 5.29. The molecule has 3 atom stereocenters. The summed E-state index contributed by atoms with van der Waals surface area (Å²) in [4.78, 5) is 0. The van der Waals surface area contributed by atoms with Gasteiger partial charge in [-0.15, -0.1) is 0 Å². The van der Waals surface area contributed by atoms with E-state index in [1.165, 1.54) is 6.07 Å². The Bertz CT molecular complexity index is 452. The number of aryl methyl sites for hydroxylation is 1. The Labute approximate surface area is 126 Å². The van der Waals surface area contributed by atoms with Crippen molar-refractivity contribution >= 4 is 0 Å². The van der Waals surface area contributed by atoms with Gasteiger partial charge in [0.25, 0.3) is 0 Å². The van der Waals surface area contributed by atoms with Crippen LogP contribution >= 0.6 is 0 Å². The van der Waals surface area contributed by atoms with Gasteiger partial charge in [-0.2, -0.15) is 0 Å². The molecule has 1 aliphatic rings. The summed E-state index contributed by atoms with van der Waals surface area (Å²) in [6.07, 6.45) is 3.18. The summed E-state index contributed by atoms with van der Waals surface area (Å²) < 4.78 is 25.2. The molecule has 21 heavy (non-hydrogen) atoms. The number of benzene rings is 1. The lowest BCUT2D eigenvalue weighted by atomic mass is 9.85. The molecular weight excluding hydrogens is 269 g/mol. The molecule has 118 valence electrons. The molecule has 1 aliphatic carbocycles. The van der Waals surface area contributed by atoms with Gasteiger partial charge in [0.1, 0.15) is 23.8 Å². The van der Waals surface area contributed by atoms with E-state index in [-0.39, 0.29) is 18.0 Å². The lowest BCUT2D eigenvalue weighted by Gasteiger charge is -2.44. The van der Waals surface area contributed by atoms with Crippen LogP contribution in [0.5, 0.6) is 5.75 Å². The van der Waals surface area contributed by atoms with Crippen molar-refractivity contribution in [1.82, 2.24) is 5.32 Å². The van der Waals surface area contributed by atoms with Crippen molar-refractivity contribution in [3.05, 3.63) is 29.6 Å². The third kappa shape index (κ3) is 4.17. The van der Waals surface area contributed by atoms with Crippen LogP contribution in [0, 0.1) is 12.7 Å². The van der Waals surface area contributed by atoms with Gasteiger partial charge in [-0.25, -0.2) is 4.39 Å². The summed E-state index contributed by atoms with van der Waals surface area (Å²) in [5, 5.41) is 3.50. The highest BCUT2D eigenvalue weighted by atomic mass is 19.1. The Balaban J connectivity index is 1.93. The first-order valence-electron chi connectivity index (χ1n) is 7.93. The number of nitrogens with one attached hydrogen (secondary N) is 1. The molecule has 3 unspecified atom stereocenters. The number of hydrogen-bond acceptors (Lipinski definition) is 3. The topological polar surface area (TPSA) is 30.5 Å². The van der Waals surface area contributed by atoms with Crippen LogP contribution < -0.4 is 10.1 Å². The van der Waals surface area contributed by atoms with Gasteiger partial charge in [0.15, 0.2) is 0 Å². The Morgan fingerprint density at radius 3 is 2.76 bits per heavy atom. The summed E-state index contributed by atoms with van der Waals surface area (Å²) in [7, 11) is 0. The fourth-order valence-corrected chi connectivity index (χ4v) is 2.57. The molecule has 3 nitrogen and oxygen atoms in total. The summed E-state index contributed by atoms with van der Waals surface area (Å²) >= 11 is 0. The quantitative estimate of drug-likeness (QED) is 0.797. The third-order valence-corrected chi connectivity index (χ3v) is 3.84. The number of halogens is 1. The van der Waals surface area contributed by atoms with Crippen molar-refractivity contribution in [1.29, 1.82) is 0 Å². The first kappa shape index (κ1) is 16.2. The van der Waals surface area contributed by atoms with E-state index in [1.54, 1.807) is 19.1 Å². The molecule has 1 saturated carbocycles. The average Bonchev–Trinajstić information content (AvgIpc) is 2.46. The van der Waals surface area contributed by atoms with Crippen molar-refractivity contribution in [3.8, 4) is 5.75 Å². The van der Waals surface area contributed by atoms with E-state index in [1.807, 2.05) is 0 Å². The fourth-order valence-electron chi connectivity index (χ4n) is 2.57. The second-order valence-electron chi connectivity index (χ2n) is 5.70. The molecule has 1 aromatic rings. The lowest BCUT2D eigenvalue weighted by Crippen LogP contribution is -2.61. The standard InChI is InChI=1S/C17H26FNO2/c1-4-8-19-15-11-16(17(15)20-9-5-2)21-13-6-7-14(18)12(3)10-13/h6-7,10,15-17,19H,4-5,8-9,11H2,1-3H3. The zero-order valence-electron chi connectivity index (χ0n) is 13.2. The summed E-state index contributed by atoms with van der Waals surface area (Å²) in [6.45, 7) is 7.76. The Kier molecular flexibility index (Phi) is 6.00. The predicted octanol–water partition coefficient (Wildman–Crippen LogP) is 3.45. The van der Waals surface area contributed by atoms with Gasteiger partial charge in [0.2, 0.25) is 0 Å². The molecule has 1 N–H and O–H groups in total. The molecule has 0 aliphatic heterocycles. The second-order valence-corrected chi connectivity index (χ2v) is 5.70. The maximum absolute atomic E-state index is 13.3. The van der Waals surface area contributed by atoms with Crippen LogP contribution in [0.4, 0.5) is 4.39 Å². The monoisotopic (exact) mass is 295 g/mol. The van der Waals surface area contributed by atoms with Gasteiger partial charge < -0.3 is 14.8 Å². The molecule has 0 bridgehead atoms. The predicted molar refractivity (Wildman–Crippen MR) is 82.3 cm³/mol. The largest absolute Gasteiger partial charge is 0.488 e. The summed E-state index contributed by atoms with van der Waals surface area (Å²) in [6, 6.07) is 5.26. The Hall–Kier alpha value is -1.13. The van der Waals surface area contributed by atoms with Crippen molar-refractivity contribution in [2.75, 3.05) is 13.2 Å². The lowest BCUT2D eigenvalue weighted by molar-refractivity contribution is -0.107. The number of hydrogen-bond donors (Lipinski definition) is 1. The number of ether oxygens (including phenoxy) is 2. The van der Waals surface area contributed by atoms with Gasteiger partial charge in [-0.1, -0.05) is 13.8 Å². The molecule has 1 aromatic carbocycles. The highest BCUT2D eigenvalue weighted by Gasteiger charge is 2.43. The second kappa shape index (κ2) is 7.76. The van der Waals surface area contributed by atoms with Crippen molar-refractivity contribution in [2.24, 2.45) is 0 Å². The average molecular weight is 295 g/mol. The Morgan fingerprint density at radius 1 is 1.29 bits per heavy atom. The van der Waals surface area contributed by atoms with E-state index >= 15 is 0 Å². The number of rotatable bonds is 8. The van der Waals surface area contributed by atoms with Crippen LogP contribution in [0.3, 0.4) is 0 Å². The maximum atomic E-state index is 13.3. The van der Waals surface area contributed by atoms with E-state index in [0.29, 0.717) is 11.6 Å². The van der Waals surface area contributed by atoms with Gasteiger partial charge in [-0.3, -0.25) is 0 Å². The highest BCUT2D eigenvalue weighted by Crippen LogP contribution is 2.30. The molecule has 0 amide bonds. The van der Waals surface area contributed by atoms with Gasteiger partial charge >= 0.3 is 0 Å². The summed E-state index contributed by atoms with van der Waals surface area (Å²) in [5.74, 6) is 0.523. The van der Waals surface area contributed by atoms with Gasteiger partial charge in [-0.05, 0) is 50.1 Å². The molecular formula is C17H26FNO2. The summed E-state index contributed by atoms with van der Waals surface area (Å²) in [5.41, 5.74) is 0.610. The molecule has 0 heterocycles. The molecule has 0 saturated heterocycles. The maximum Gasteiger partial charge on any atom is 0.128 e. The molecule has 0 aromatic heterocycles. The van der Waals surface area contributed by atoms with E-state index in [0.717, 1.165) is 38.2 Å². The zero-order valence-corrected chi connectivity index (χ0v) is 13.2. The third-order valence-electron chi connectivity index (χ3n) is 3.84. The van der Waals surface area contributed by atoms with E-state index < -0.39 is 0 Å². The molecule has 2 rings (SSSR count). The van der Waals surface area contributed by atoms with Crippen molar-refractivity contribution < 1.29 is 13.9 Å². The van der Waals surface area contributed by atoms with Crippen LogP contribution in [0.25, 0.3) is 0 Å². The van der Waals surface area contributed by atoms with Crippen LogP contribution in [-0.4, -0.2) is 31.4 Å². The molecule has 4 heteroatoms. The first-order chi connectivity index (χ1) is 10.2. The van der Waals surface area contributed by atoms with Crippen LogP contribution in [0.1, 0.15) is 38.7 Å². The van der Waals surface area contributed by atoms with Crippen LogP contribution in [-0.2, 0) is 4.74 Å². The van der Waals surface area contributed by atoms with Crippen molar-refractivity contribution in [3.63, 3.8) is 0 Å². The van der Waals surface area contributed by atoms with E-state index in [4.69, 9.17) is 9.47 Å². The van der Waals surface area contributed by atoms with E-state index in [2.05, 4.69) is 19.2 Å².